The Morgan fingerprint density at radius 1 is 1.40 bits per heavy atom. The van der Waals surface area contributed by atoms with E-state index in [0.717, 1.165) is 6.04 Å². The summed E-state index contributed by atoms with van der Waals surface area (Å²) >= 11 is 0. The van der Waals surface area contributed by atoms with Crippen LogP contribution in [-0.4, -0.2) is 41.7 Å². The molecule has 0 aromatic carbocycles. The van der Waals surface area contributed by atoms with Gasteiger partial charge in [-0.2, -0.15) is 0 Å². The number of rotatable bonds is 7. The fraction of sp³-hybridized carbons (Fsp3) is 0.700. The zero-order valence-electron chi connectivity index (χ0n) is 9.91. The molecule has 4 nitrogen and oxygen atoms in total. The molecule has 0 radical (unpaired) electrons. The number of hydrogen-bond acceptors (Lipinski definition) is 4. The summed E-state index contributed by atoms with van der Waals surface area (Å²) in [4.78, 5) is 11.2. The van der Waals surface area contributed by atoms with E-state index < -0.39 is 9.52 Å². The van der Waals surface area contributed by atoms with Crippen LogP contribution in [0.4, 0.5) is 0 Å². The number of carbonyl (C=O) groups is 1. The van der Waals surface area contributed by atoms with Gasteiger partial charge in [-0.3, -0.25) is 0 Å². The third-order valence-corrected chi connectivity index (χ3v) is 4.28. The van der Waals surface area contributed by atoms with Crippen molar-refractivity contribution in [3.63, 3.8) is 0 Å². The molecule has 0 aliphatic carbocycles. The highest BCUT2D eigenvalue weighted by molar-refractivity contribution is 6.36. The predicted octanol–water partition coefficient (Wildman–Crippen LogP) is 0.658. The summed E-state index contributed by atoms with van der Waals surface area (Å²) in [6.07, 6.45) is -0.0892. The zero-order chi connectivity index (χ0) is 11.8. The van der Waals surface area contributed by atoms with E-state index in [2.05, 4.69) is 6.58 Å². The minimum absolute atomic E-state index is 0.0892. The molecular weight excluding hydrogens is 212 g/mol. The van der Waals surface area contributed by atoms with E-state index in [1.54, 1.807) is 21.1 Å². The van der Waals surface area contributed by atoms with Gasteiger partial charge in [0.15, 0.2) is 0 Å². The molecule has 88 valence electrons. The van der Waals surface area contributed by atoms with Crippen LogP contribution < -0.4 is 0 Å². The number of carbonyl (C=O) groups excluding carboxylic acids is 1. The summed E-state index contributed by atoms with van der Waals surface area (Å²) in [5.41, 5.74) is 0.429. The van der Waals surface area contributed by atoms with E-state index in [4.69, 9.17) is 14.2 Å². The summed E-state index contributed by atoms with van der Waals surface area (Å²) in [6, 6.07) is 0.839. The van der Waals surface area contributed by atoms with Crippen molar-refractivity contribution in [2.24, 2.45) is 0 Å². The summed E-state index contributed by atoms with van der Waals surface area (Å²) in [7, 11) is 2.69. The third-order valence-electron chi connectivity index (χ3n) is 1.99. The van der Waals surface area contributed by atoms with Crippen LogP contribution in [0, 0.1) is 0 Å². The zero-order valence-corrected chi connectivity index (χ0v) is 11.3. The molecule has 0 saturated carbocycles. The van der Waals surface area contributed by atoms with Gasteiger partial charge in [0, 0.05) is 19.8 Å². The van der Waals surface area contributed by atoms with E-state index in [1.807, 2.05) is 6.92 Å². The Labute approximate surface area is 93.4 Å². The smallest absolute Gasteiger partial charge is 0.333 e. The first-order chi connectivity index (χ1) is 7.01. The molecule has 0 aromatic heterocycles. The SMILES string of the molecule is C=C(C)C(=O)OC(C)C[SiH2]C(OC)OC. The second kappa shape index (κ2) is 7.61. The Morgan fingerprint density at radius 2 is 1.93 bits per heavy atom. The van der Waals surface area contributed by atoms with E-state index in [9.17, 15) is 4.79 Å². The van der Waals surface area contributed by atoms with Gasteiger partial charge in [-0.15, -0.1) is 0 Å². The topological polar surface area (TPSA) is 44.8 Å². The molecule has 0 saturated heterocycles. The second-order valence-electron chi connectivity index (χ2n) is 3.47. The highest BCUT2D eigenvalue weighted by Crippen LogP contribution is 2.04. The molecule has 0 heterocycles. The maximum Gasteiger partial charge on any atom is 0.333 e. The van der Waals surface area contributed by atoms with Crippen LogP contribution in [0.15, 0.2) is 12.2 Å². The van der Waals surface area contributed by atoms with E-state index in [1.165, 1.54) is 0 Å². The van der Waals surface area contributed by atoms with Crippen LogP contribution in [0.25, 0.3) is 0 Å². The second-order valence-corrected chi connectivity index (χ2v) is 5.30. The molecule has 0 aliphatic heterocycles. The minimum atomic E-state index is -0.541. The highest BCUT2D eigenvalue weighted by atomic mass is 28.2. The van der Waals surface area contributed by atoms with E-state index in [-0.39, 0.29) is 18.0 Å². The first-order valence-electron chi connectivity index (χ1n) is 4.93. The van der Waals surface area contributed by atoms with Gasteiger partial charge < -0.3 is 14.2 Å². The first-order valence-corrected chi connectivity index (χ1v) is 6.75. The lowest BCUT2D eigenvalue weighted by atomic mass is 10.3. The summed E-state index contributed by atoms with van der Waals surface area (Å²) < 4.78 is 15.3. The van der Waals surface area contributed by atoms with Crippen molar-refractivity contribution < 1.29 is 19.0 Å². The molecule has 0 aliphatic rings. The van der Waals surface area contributed by atoms with Crippen LogP contribution in [-0.2, 0) is 19.0 Å². The maximum absolute atomic E-state index is 11.2. The van der Waals surface area contributed by atoms with Crippen LogP contribution in [0.2, 0.25) is 6.04 Å². The van der Waals surface area contributed by atoms with Crippen molar-refractivity contribution in [1.29, 1.82) is 0 Å². The van der Waals surface area contributed by atoms with Crippen molar-refractivity contribution in [2.45, 2.75) is 31.9 Å². The Balaban J connectivity index is 3.79. The van der Waals surface area contributed by atoms with Crippen molar-refractivity contribution in [1.82, 2.24) is 0 Å². The third kappa shape index (κ3) is 6.43. The molecule has 0 spiro atoms. The van der Waals surface area contributed by atoms with Crippen molar-refractivity contribution in [3.8, 4) is 0 Å². The van der Waals surface area contributed by atoms with Crippen LogP contribution in [0.5, 0.6) is 0 Å². The molecule has 0 amide bonds. The quantitative estimate of drug-likeness (QED) is 0.280. The van der Waals surface area contributed by atoms with Crippen LogP contribution >= 0.6 is 0 Å². The van der Waals surface area contributed by atoms with Gasteiger partial charge in [0.1, 0.15) is 5.91 Å². The highest BCUT2D eigenvalue weighted by Gasteiger charge is 2.13. The van der Waals surface area contributed by atoms with Gasteiger partial charge in [-0.05, 0) is 19.9 Å². The molecular formula is C10H20O4Si. The lowest BCUT2D eigenvalue weighted by molar-refractivity contribution is -0.142. The van der Waals surface area contributed by atoms with E-state index >= 15 is 0 Å². The molecule has 1 atom stereocenters. The summed E-state index contributed by atoms with van der Waals surface area (Å²) in [6.45, 7) is 7.03. The van der Waals surface area contributed by atoms with Gasteiger partial charge in [0.2, 0.25) is 0 Å². The van der Waals surface area contributed by atoms with Crippen molar-refractivity contribution in [2.75, 3.05) is 14.2 Å². The number of methoxy groups -OCH3 is 2. The summed E-state index contributed by atoms with van der Waals surface area (Å²) in [5, 5.41) is 0. The van der Waals surface area contributed by atoms with Crippen molar-refractivity contribution in [3.05, 3.63) is 12.2 Å². The molecule has 1 unspecified atom stereocenters. The Bertz CT molecular complexity index is 213. The normalized spacial score (nSPS) is 13.4. The lowest BCUT2D eigenvalue weighted by Gasteiger charge is -2.16. The van der Waals surface area contributed by atoms with Gasteiger partial charge in [-0.25, -0.2) is 4.79 Å². The Hall–Kier alpha value is -0.653. The lowest BCUT2D eigenvalue weighted by Crippen LogP contribution is -2.26. The van der Waals surface area contributed by atoms with Gasteiger partial charge in [-0.1, -0.05) is 6.58 Å². The Morgan fingerprint density at radius 3 is 2.33 bits per heavy atom. The number of ether oxygens (including phenoxy) is 3. The van der Waals surface area contributed by atoms with Crippen LogP contribution in [0.1, 0.15) is 13.8 Å². The van der Waals surface area contributed by atoms with Crippen molar-refractivity contribution >= 4 is 15.5 Å². The molecule has 0 aromatic rings. The van der Waals surface area contributed by atoms with Gasteiger partial charge >= 0.3 is 5.97 Å². The summed E-state index contributed by atoms with van der Waals surface area (Å²) in [5.74, 6) is -0.432. The predicted molar refractivity (Wildman–Crippen MR) is 61.5 cm³/mol. The van der Waals surface area contributed by atoms with Gasteiger partial charge in [0.25, 0.3) is 0 Å². The molecule has 0 N–H and O–H groups in total. The Kier molecular flexibility index (Phi) is 7.28. The minimum Gasteiger partial charge on any atom is -0.460 e. The fourth-order valence-corrected chi connectivity index (χ4v) is 2.38. The molecule has 0 fully saturated rings. The first kappa shape index (κ1) is 14.3. The largest absolute Gasteiger partial charge is 0.460 e. The van der Waals surface area contributed by atoms with Crippen LogP contribution in [0.3, 0.4) is 0 Å². The average Bonchev–Trinajstić information content (AvgIpc) is 2.19. The van der Waals surface area contributed by atoms with E-state index in [0.29, 0.717) is 5.57 Å². The molecule has 5 heteroatoms. The number of esters is 1. The molecule has 0 bridgehead atoms. The number of hydrogen-bond donors (Lipinski definition) is 0. The fourth-order valence-electron chi connectivity index (χ4n) is 1.04. The molecule has 0 rings (SSSR count). The van der Waals surface area contributed by atoms with Gasteiger partial charge in [0.05, 0.1) is 15.6 Å². The standard InChI is InChI=1S/C10H20O4Si/c1-7(2)9(11)14-8(3)6-15-10(12-4)13-5/h8,10H,1,6,15H2,2-5H3. The molecule has 15 heavy (non-hydrogen) atoms. The maximum atomic E-state index is 11.2. The monoisotopic (exact) mass is 232 g/mol. The average molecular weight is 232 g/mol.